The molecule has 0 aliphatic rings. The lowest BCUT2D eigenvalue weighted by Crippen LogP contribution is -2.24. The number of nitrogens with one attached hydrogen (secondary N) is 1. The van der Waals surface area contributed by atoms with Gasteiger partial charge in [0.15, 0.2) is 11.5 Å². The molecule has 0 aliphatic carbocycles. The maximum atomic E-state index is 12.5. The van der Waals surface area contributed by atoms with Crippen LogP contribution in [-0.2, 0) is 12.1 Å². The molecule has 0 bridgehead atoms. The van der Waals surface area contributed by atoms with Crippen LogP contribution in [0.5, 0.6) is 5.75 Å². The SMILES string of the molecule is COc1cccc2c1nc(N)n1nc(CNC(=O)c3ccc(C(C)(C)O)cc3)nc21. The quantitative estimate of drug-likeness (QED) is 0.463. The lowest BCUT2D eigenvalue weighted by molar-refractivity contribution is 0.0784. The van der Waals surface area contributed by atoms with E-state index in [-0.39, 0.29) is 18.4 Å². The maximum absolute atomic E-state index is 12.5. The molecule has 2 heterocycles. The van der Waals surface area contributed by atoms with E-state index in [4.69, 9.17) is 10.5 Å². The number of hydrogen-bond donors (Lipinski definition) is 3. The summed E-state index contributed by atoms with van der Waals surface area (Å²) >= 11 is 0. The summed E-state index contributed by atoms with van der Waals surface area (Å²) < 4.78 is 6.79. The van der Waals surface area contributed by atoms with Gasteiger partial charge in [0.25, 0.3) is 5.91 Å². The van der Waals surface area contributed by atoms with E-state index in [2.05, 4.69) is 20.4 Å². The zero-order valence-electron chi connectivity index (χ0n) is 16.9. The van der Waals surface area contributed by atoms with E-state index in [0.717, 1.165) is 10.9 Å². The highest BCUT2D eigenvalue weighted by Crippen LogP contribution is 2.27. The molecule has 0 saturated heterocycles. The second-order valence-electron chi connectivity index (χ2n) is 7.41. The van der Waals surface area contributed by atoms with Crippen LogP contribution in [0.15, 0.2) is 42.5 Å². The van der Waals surface area contributed by atoms with Crippen molar-refractivity contribution < 1.29 is 14.6 Å². The first-order valence-electron chi connectivity index (χ1n) is 9.37. The summed E-state index contributed by atoms with van der Waals surface area (Å²) in [6.07, 6.45) is 0. The van der Waals surface area contributed by atoms with E-state index < -0.39 is 5.60 Å². The van der Waals surface area contributed by atoms with Crippen molar-refractivity contribution in [1.29, 1.82) is 0 Å². The number of nitrogen functional groups attached to an aromatic ring is 1. The van der Waals surface area contributed by atoms with Gasteiger partial charge in [0.05, 0.1) is 19.3 Å². The minimum Gasteiger partial charge on any atom is -0.494 e. The average Bonchev–Trinajstić information content (AvgIpc) is 3.16. The molecule has 30 heavy (non-hydrogen) atoms. The van der Waals surface area contributed by atoms with E-state index in [0.29, 0.717) is 28.3 Å². The predicted molar refractivity (Wildman–Crippen MR) is 112 cm³/mol. The van der Waals surface area contributed by atoms with Gasteiger partial charge < -0.3 is 20.9 Å². The van der Waals surface area contributed by atoms with Gasteiger partial charge in [-0.2, -0.15) is 4.52 Å². The molecule has 4 rings (SSSR count). The number of hydrogen-bond acceptors (Lipinski definition) is 7. The largest absolute Gasteiger partial charge is 0.494 e. The van der Waals surface area contributed by atoms with Crippen molar-refractivity contribution in [2.45, 2.75) is 26.0 Å². The molecule has 4 aromatic rings. The van der Waals surface area contributed by atoms with Gasteiger partial charge in [-0.05, 0) is 43.7 Å². The fourth-order valence-electron chi connectivity index (χ4n) is 3.20. The monoisotopic (exact) mass is 406 g/mol. The highest BCUT2D eigenvalue weighted by atomic mass is 16.5. The Morgan fingerprint density at radius 2 is 1.93 bits per heavy atom. The fraction of sp³-hybridized carbons (Fsp3) is 0.238. The summed E-state index contributed by atoms with van der Waals surface area (Å²) in [5, 5.41) is 17.9. The standard InChI is InChI=1S/C21H22N6O3/c1-21(2,29)13-9-7-12(8-10-13)19(28)23-11-16-24-18-14-5-4-6-15(30-3)17(14)25-20(22)27(18)26-16/h4-10,29H,11H2,1-3H3,(H2,22,25)(H,23,28). The molecule has 0 spiro atoms. The Morgan fingerprint density at radius 3 is 2.60 bits per heavy atom. The Bertz CT molecular complexity index is 1240. The Kier molecular flexibility index (Phi) is 4.75. The fourth-order valence-corrected chi connectivity index (χ4v) is 3.20. The summed E-state index contributed by atoms with van der Waals surface area (Å²) in [5.41, 5.74) is 7.42. The van der Waals surface area contributed by atoms with Crippen molar-refractivity contribution in [2.24, 2.45) is 0 Å². The first-order valence-corrected chi connectivity index (χ1v) is 9.37. The third-order valence-electron chi connectivity index (χ3n) is 4.81. The zero-order chi connectivity index (χ0) is 21.5. The van der Waals surface area contributed by atoms with Crippen LogP contribution in [-0.4, -0.2) is 37.7 Å². The van der Waals surface area contributed by atoms with Crippen molar-refractivity contribution in [3.05, 3.63) is 59.4 Å². The smallest absolute Gasteiger partial charge is 0.251 e. The Balaban J connectivity index is 1.58. The first-order chi connectivity index (χ1) is 14.3. The molecule has 0 saturated carbocycles. The van der Waals surface area contributed by atoms with Crippen LogP contribution in [0.3, 0.4) is 0 Å². The van der Waals surface area contributed by atoms with Gasteiger partial charge in [0, 0.05) is 10.9 Å². The second kappa shape index (κ2) is 7.27. The lowest BCUT2D eigenvalue weighted by atomic mass is 9.97. The van der Waals surface area contributed by atoms with Crippen LogP contribution in [0.2, 0.25) is 0 Å². The van der Waals surface area contributed by atoms with Gasteiger partial charge in [0.2, 0.25) is 5.95 Å². The Hall–Kier alpha value is -3.72. The highest BCUT2D eigenvalue weighted by Gasteiger charge is 2.17. The molecule has 9 heteroatoms. The molecular formula is C21H22N6O3. The lowest BCUT2D eigenvalue weighted by Gasteiger charge is -2.17. The van der Waals surface area contributed by atoms with E-state index in [1.54, 1.807) is 51.3 Å². The molecule has 0 unspecified atom stereocenters. The van der Waals surface area contributed by atoms with Gasteiger partial charge >= 0.3 is 0 Å². The summed E-state index contributed by atoms with van der Waals surface area (Å²) in [6.45, 7) is 3.51. The molecule has 154 valence electrons. The molecule has 9 nitrogen and oxygen atoms in total. The number of aliphatic hydroxyl groups is 1. The summed E-state index contributed by atoms with van der Waals surface area (Å²) in [4.78, 5) is 21.3. The van der Waals surface area contributed by atoms with Crippen molar-refractivity contribution in [3.63, 3.8) is 0 Å². The first kappa shape index (κ1) is 19.6. The van der Waals surface area contributed by atoms with Gasteiger partial charge in [-0.15, -0.1) is 5.10 Å². The van der Waals surface area contributed by atoms with Crippen molar-refractivity contribution >= 4 is 28.4 Å². The number of carbonyl (C=O) groups is 1. The average molecular weight is 406 g/mol. The van der Waals surface area contributed by atoms with Gasteiger partial charge in [-0.3, -0.25) is 4.79 Å². The molecular weight excluding hydrogens is 384 g/mol. The normalized spacial score (nSPS) is 11.7. The molecule has 0 radical (unpaired) electrons. The van der Waals surface area contributed by atoms with Crippen molar-refractivity contribution in [2.75, 3.05) is 12.8 Å². The number of anilines is 1. The van der Waals surface area contributed by atoms with Crippen molar-refractivity contribution in [3.8, 4) is 5.75 Å². The molecule has 0 fully saturated rings. The van der Waals surface area contributed by atoms with Crippen LogP contribution in [0.1, 0.15) is 35.6 Å². The Morgan fingerprint density at radius 1 is 1.20 bits per heavy atom. The number of aromatic nitrogens is 4. The third-order valence-corrected chi connectivity index (χ3v) is 4.81. The second-order valence-corrected chi connectivity index (χ2v) is 7.41. The number of rotatable bonds is 5. The van der Waals surface area contributed by atoms with Crippen LogP contribution < -0.4 is 15.8 Å². The number of carbonyl (C=O) groups excluding carboxylic acids is 1. The van der Waals surface area contributed by atoms with E-state index in [1.807, 2.05) is 12.1 Å². The van der Waals surface area contributed by atoms with Crippen LogP contribution in [0.4, 0.5) is 5.95 Å². The highest BCUT2D eigenvalue weighted by molar-refractivity contribution is 5.96. The molecule has 4 N–H and O–H groups in total. The summed E-state index contributed by atoms with van der Waals surface area (Å²) in [6, 6.07) is 12.3. The van der Waals surface area contributed by atoms with Gasteiger partial charge in [-0.25, -0.2) is 9.97 Å². The number of methoxy groups -OCH3 is 1. The van der Waals surface area contributed by atoms with E-state index >= 15 is 0 Å². The third kappa shape index (κ3) is 3.50. The van der Waals surface area contributed by atoms with Gasteiger partial charge in [0.1, 0.15) is 11.3 Å². The number of fused-ring (bicyclic) bond motifs is 3. The van der Waals surface area contributed by atoms with Crippen LogP contribution in [0.25, 0.3) is 16.6 Å². The number of ether oxygens (including phenoxy) is 1. The van der Waals surface area contributed by atoms with Crippen LogP contribution >= 0.6 is 0 Å². The van der Waals surface area contributed by atoms with E-state index in [1.165, 1.54) is 4.52 Å². The molecule has 2 aromatic carbocycles. The number of para-hydroxylation sites is 1. The molecule has 0 atom stereocenters. The van der Waals surface area contributed by atoms with Crippen molar-refractivity contribution in [1.82, 2.24) is 24.9 Å². The predicted octanol–water partition coefficient (Wildman–Crippen LogP) is 2.03. The summed E-state index contributed by atoms with van der Waals surface area (Å²) in [5.74, 6) is 0.900. The maximum Gasteiger partial charge on any atom is 0.251 e. The Labute approximate surface area is 172 Å². The minimum atomic E-state index is -0.963. The van der Waals surface area contributed by atoms with Crippen LogP contribution in [0, 0.1) is 0 Å². The molecule has 2 aromatic heterocycles. The number of nitrogens with two attached hydrogens (primary N) is 1. The minimum absolute atomic E-state index is 0.124. The topological polar surface area (TPSA) is 128 Å². The number of benzene rings is 2. The zero-order valence-corrected chi connectivity index (χ0v) is 16.9. The van der Waals surface area contributed by atoms with E-state index in [9.17, 15) is 9.90 Å². The number of nitrogens with zero attached hydrogens (tertiary/aromatic N) is 4. The molecule has 0 aliphatic heterocycles. The summed E-state index contributed by atoms with van der Waals surface area (Å²) in [7, 11) is 1.57. The molecule has 1 amide bonds. The number of amides is 1. The van der Waals surface area contributed by atoms with Gasteiger partial charge in [-0.1, -0.05) is 18.2 Å².